The predicted octanol–water partition coefficient (Wildman–Crippen LogP) is 2.30. The van der Waals surface area contributed by atoms with E-state index in [0.717, 1.165) is 35.4 Å². The van der Waals surface area contributed by atoms with Gasteiger partial charge in [0, 0.05) is 24.7 Å². The second kappa shape index (κ2) is 5.28. The number of likely N-dealkylation sites (tertiary alicyclic amines) is 1. The zero-order chi connectivity index (χ0) is 14.2. The van der Waals surface area contributed by atoms with Gasteiger partial charge < -0.3 is 9.84 Å². The predicted molar refractivity (Wildman–Crippen MR) is 81.8 cm³/mol. The average Bonchev–Trinajstić information content (AvgIpc) is 3.16. The third-order valence-corrected chi connectivity index (χ3v) is 4.75. The van der Waals surface area contributed by atoms with Crippen molar-refractivity contribution in [2.45, 2.75) is 13.5 Å². The van der Waals surface area contributed by atoms with E-state index in [1.165, 1.54) is 31.7 Å². The van der Waals surface area contributed by atoms with E-state index in [1.54, 1.807) is 0 Å². The van der Waals surface area contributed by atoms with Crippen LogP contribution >= 0.6 is 0 Å². The fraction of sp³-hybridized carbons (Fsp3) is 0.471. The van der Waals surface area contributed by atoms with Gasteiger partial charge in [-0.15, -0.1) is 0 Å². The lowest BCUT2D eigenvalue weighted by atomic mass is 10.0. The summed E-state index contributed by atoms with van der Waals surface area (Å²) in [4.78, 5) is 2.50. The van der Waals surface area contributed by atoms with Crippen LogP contribution in [0.2, 0.25) is 0 Å². The van der Waals surface area contributed by atoms with Crippen LogP contribution < -0.4 is 5.32 Å². The third kappa shape index (κ3) is 2.61. The van der Waals surface area contributed by atoms with E-state index >= 15 is 0 Å². The summed E-state index contributed by atoms with van der Waals surface area (Å²) in [6.45, 7) is 7.68. The largest absolute Gasteiger partial charge is 0.359 e. The molecule has 0 bridgehead atoms. The van der Waals surface area contributed by atoms with Crippen LogP contribution in [0.15, 0.2) is 34.9 Å². The summed E-state index contributed by atoms with van der Waals surface area (Å²) in [5, 5.41) is 7.69. The fourth-order valence-corrected chi connectivity index (χ4v) is 3.55. The Bertz CT molecular complexity index is 607. The smallest absolute Gasteiger partial charge is 0.151 e. The molecule has 0 amide bonds. The van der Waals surface area contributed by atoms with E-state index in [4.69, 9.17) is 4.52 Å². The quantitative estimate of drug-likeness (QED) is 0.938. The summed E-state index contributed by atoms with van der Waals surface area (Å²) in [7, 11) is 0. The molecule has 3 heterocycles. The van der Waals surface area contributed by atoms with Crippen LogP contribution in [0.1, 0.15) is 11.3 Å². The Labute approximate surface area is 125 Å². The first-order chi connectivity index (χ1) is 10.3. The zero-order valence-corrected chi connectivity index (χ0v) is 12.4. The molecule has 110 valence electrons. The van der Waals surface area contributed by atoms with Gasteiger partial charge >= 0.3 is 0 Å². The first kappa shape index (κ1) is 13.0. The number of aromatic nitrogens is 1. The Hall–Kier alpha value is -1.65. The minimum atomic E-state index is 0.824. The number of nitrogens with zero attached hydrogens (tertiary/aromatic N) is 2. The Morgan fingerprint density at radius 1 is 1.19 bits per heavy atom. The lowest BCUT2D eigenvalue weighted by Crippen LogP contribution is -2.25. The normalized spacial score (nSPS) is 25.4. The molecule has 4 heteroatoms. The fourth-order valence-electron chi connectivity index (χ4n) is 3.55. The number of benzene rings is 1. The highest BCUT2D eigenvalue weighted by Crippen LogP contribution is 2.28. The van der Waals surface area contributed by atoms with Crippen LogP contribution in [0.5, 0.6) is 0 Å². The van der Waals surface area contributed by atoms with Gasteiger partial charge in [0.2, 0.25) is 0 Å². The molecule has 2 aromatic rings. The van der Waals surface area contributed by atoms with Crippen molar-refractivity contribution in [1.82, 2.24) is 15.4 Å². The maximum Gasteiger partial charge on any atom is 0.151 e. The standard InChI is InChI=1S/C17H21N3O/c1-12-2-4-13(5-3-12)17-6-16(21-19-17)11-20-9-14-7-18-8-15(14)10-20/h2-6,14-15,18H,7-11H2,1H3. The minimum Gasteiger partial charge on any atom is -0.359 e. The monoisotopic (exact) mass is 283 g/mol. The van der Waals surface area contributed by atoms with Crippen molar-refractivity contribution in [2.75, 3.05) is 26.2 Å². The molecule has 1 N–H and O–H groups in total. The van der Waals surface area contributed by atoms with Crippen molar-refractivity contribution in [3.05, 3.63) is 41.7 Å². The average molecular weight is 283 g/mol. The number of aryl methyl sites for hydroxylation is 1. The van der Waals surface area contributed by atoms with Crippen LogP contribution in [-0.4, -0.2) is 36.2 Å². The van der Waals surface area contributed by atoms with Crippen LogP contribution in [0.4, 0.5) is 0 Å². The van der Waals surface area contributed by atoms with Crippen molar-refractivity contribution in [1.29, 1.82) is 0 Å². The van der Waals surface area contributed by atoms with Gasteiger partial charge in [-0.1, -0.05) is 35.0 Å². The van der Waals surface area contributed by atoms with E-state index in [1.807, 2.05) is 0 Å². The van der Waals surface area contributed by atoms with Crippen molar-refractivity contribution in [3.63, 3.8) is 0 Å². The maximum absolute atomic E-state index is 5.53. The Morgan fingerprint density at radius 2 is 1.90 bits per heavy atom. The molecule has 21 heavy (non-hydrogen) atoms. The minimum absolute atomic E-state index is 0.824. The van der Waals surface area contributed by atoms with Gasteiger partial charge in [0.25, 0.3) is 0 Å². The van der Waals surface area contributed by atoms with E-state index in [0.29, 0.717) is 0 Å². The molecule has 1 aromatic carbocycles. The summed E-state index contributed by atoms with van der Waals surface area (Å²) < 4.78 is 5.53. The number of rotatable bonds is 3. The lowest BCUT2D eigenvalue weighted by molar-refractivity contribution is 0.259. The highest BCUT2D eigenvalue weighted by molar-refractivity contribution is 5.59. The van der Waals surface area contributed by atoms with Crippen LogP contribution in [0, 0.1) is 18.8 Å². The first-order valence-corrected chi connectivity index (χ1v) is 7.73. The van der Waals surface area contributed by atoms with Crippen molar-refractivity contribution in [3.8, 4) is 11.3 Å². The Balaban J connectivity index is 1.44. The van der Waals surface area contributed by atoms with Crippen LogP contribution in [0.3, 0.4) is 0 Å². The molecule has 0 radical (unpaired) electrons. The summed E-state index contributed by atoms with van der Waals surface area (Å²) in [5.74, 6) is 2.62. The summed E-state index contributed by atoms with van der Waals surface area (Å²) in [6, 6.07) is 10.5. The number of fused-ring (bicyclic) bond motifs is 1. The Morgan fingerprint density at radius 3 is 2.62 bits per heavy atom. The molecule has 2 aliphatic heterocycles. The number of hydrogen-bond acceptors (Lipinski definition) is 4. The third-order valence-electron chi connectivity index (χ3n) is 4.75. The highest BCUT2D eigenvalue weighted by atomic mass is 16.5. The van der Waals surface area contributed by atoms with Crippen molar-refractivity contribution in [2.24, 2.45) is 11.8 Å². The molecule has 2 saturated heterocycles. The van der Waals surface area contributed by atoms with Crippen LogP contribution in [-0.2, 0) is 6.54 Å². The SMILES string of the molecule is Cc1ccc(-c2cc(CN3CC4CNCC4C3)on2)cc1. The lowest BCUT2D eigenvalue weighted by Gasteiger charge is -2.14. The molecular weight excluding hydrogens is 262 g/mol. The molecular formula is C17H21N3O. The maximum atomic E-state index is 5.53. The van der Waals surface area contributed by atoms with Gasteiger partial charge in [-0.2, -0.15) is 0 Å². The molecule has 0 saturated carbocycles. The Kier molecular flexibility index (Phi) is 3.28. The van der Waals surface area contributed by atoms with E-state index < -0.39 is 0 Å². The van der Waals surface area contributed by atoms with Gasteiger partial charge in [0.05, 0.1) is 6.54 Å². The molecule has 2 fully saturated rings. The molecule has 1 aromatic heterocycles. The van der Waals surface area contributed by atoms with Gasteiger partial charge in [-0.05, 0) is 31.8 Å². The number of nitrogens with one attached hydrogen (secondary N) is 1. The summed E-state index contributed by atoms with van der Waals surface area (Å²) in [6.07, 6.45) is 0. The molecule has 2 atom stereocenters. The molecule has 0 aliphatic carbocycles. The van der Waals surface area contributed by atoms with Gasteiger partial charge in [0.1, 0.15) is 5.69 Å². The van der Waals surface area contributed by atoms with Gasteiger partial charge in [-0.25, -0.2) is 0 Å². The highest BCUT2D eigenvalue weighted by Gasteiger charge is 2.36. The van der Waals surface area contributed by atoms with E-state index in [9.17, 15) is 0 Å². The number of hydrogen-bond donors (Lipinski definition) is 1. The molecule has 4 nitrogen and oxygen atoms in total. The first-order valence-electron chi connectivity index (χ1n) is 7.73. The summed E-state index contributed by atoms with van der Waals surface area (Å²) in [5.41, 5.74) is 3.32. The second-order valence-electron chi connectivity index (χ2n) is 6.42. The topological polar surface area (TPSA) is 41.3 Å². The molecule has 2 unspecified atom stereocenters. The molecule has 2 aliphatic rings. The van der Waals surface area contributed by atoms with Gasteiger partial charge in [0.15, 0.2) is 5.76 Å². The summed E-state index contributed by atoms with van der Waals surface area (Å²) >= 11 is 0. The van der Waals surface area contributed by atoms with E-state index in [2.05, 4.69) is 52.6 Å². The van der Waals surface area contributed by atoms with Gasteiger partial charge in [-0.3, -0.25) is 4.90 Å². The zero-order valence-electron chi connectivity index (χ0n) is 12.4. The second-order valence-corrected chi connectivity index (χ2v) is 6.42. The molecule has 0 spiro atoms. The molecule has 4 rings (SSSR count). The van der Waals surface area contributed by atoms with E-state index in [-0.39, 0.29) is 0 Å². The van der Waals surface area contributed by atoms with Crippen molar-refractivity contribution < 1.29 is 4.52 Å². The van der Waals surface area contributed by atoms with Crippen molar-refractivity contribution >= 4 is 0 Å². The van der Waals surface area contributed by atoms with Crippen LogP contribution in [0.25, 0.3) is 11.3 Å².